The first-order chi connectivity index (χ1) is 4.39. The predicted molar refractivity (Wildman–Crippen MR) is 37.1 cm³/mol. The van der Waals surface area contributed by atoms with Crippen LogP contribution in [0.2, 0.25) is 0 Å². The van der Waals surface area contributed by atoms with Crippen molar-refractivity contribution in [2.75, 3.05) is 0 Å². The van der Waals surface area contributed by atoms with Gasteiger partial charge in [0.1, 0.15) is 0 Å². The van der Waals surface area contributed by atoms with Crippen LogP contribution in [0.1, 0.15) is 38.5 Å². The van der Waals surface area contributed by atoms with Crippen LogP contribution in [0.3, 0.4) is 0 Å². The summed E-state index contributed by atoms with van der Waals surface area (Å²) in [4.78, 5) is 0. The summed E-state index contributed by atoms with van der Waals surface area (Å²) in [5.74, 6) is 2.37. The van der Waals surface area contributed by atoms with E-state index >= 15 is 0 Å². The van der Waals surface area contributed by atoms with E-state index in [2.05, 4.69) is 0 Å². The van der Waals surface area contributed by atoms with E-state index in [1.807, 2.05) is 0 Å². The first kappa shape index (κ1) is 4.76. The highest BCUT2D eigenvalue weighted by atomic mass is 14.6. The Bertz CT molecular complexity index is 144. The smallest absolute Gasteiger partial charge is 0.0266 e. The zero-order valence-electron chi connectivity index (χ0n) is 5.90. The summed E-state index contributed by atoms with van der Waals surface area (Å²) in [5.41, 5.74) is 0.961. The average molecular weight is 122 g/mol. The Hall–Kier alpha value is 0. The van der Waals surface area contributed by atoms with Crippen molar-refractivity contribution in [1.29, 1.82) is 0 Å². The Morgan fingerprint density at radius 1 is 1.11 bits per heavy atom. The fourth-order valence-corrected chi connectivity index (χ4v) is 3.33. The minimum Gasteiger partial charge on any atom is -0.0501 e. The molecule has 0 aromatic carbocycles. The zero-order chi connectivity index (χ0) is 5.90. The Kier molecular flexibility index (Phi) is 0.640. The summed E-state index contributed by atoms with van der Waals surface area (Å²) < 4.78 is 0. The minimum atomic E-state index is 0.961. The molecule has 3 saturated carbocycles. The molecule has 2 atom stereocenters. The van der Waals surface area contributed by atoms with Crippen LogP contribution in [0.25, 0.3) is 0 Å². The van der Waals surface area contributed by atoms with E-state index in [-0.39, 0.29) is 0 Å². The molecule has 0 aliphatic heterocycles. The first-order valence-electron chi connectivity index (χ1n) is 4.39. The Labute approximate surface area is 56.6 Å². The van der Waals surface area contributed by atoms with Gasteiger partial charge < -0.3 is 0 Å². The number of hydrogen-bond acceptors (Lipinski definition) is 0. The molecule has 0 heteroatoms. The fraction of sp³-hybridized carbons (Fsp3) is 1.00. The van der Waals surface area contributed by atoms with Crippen LogP contribution in [-0.2, 0) is 0 Å². The maximum atomic E-state index is 1.62. The fourth-order valence-electron chi connectivity index (χ4n) is 3.33. The molecule has 3 fully saturated rings. The monoisotopic (exact) mass is 122 g/mol. The summed E-state index contributed by atoms with van der Waals surface area (Å²) in [7, 11) is 0. The zero-order valence-corrected chi connectivity index (χ0v) is 5.90. The second-order valence-corrected chi connectivity index (χ2v) is 4.44. The largest absolute Gasteiger partial charge is 0.0501 e. The predicted octanol–water partition coefficient (Wildman–Crippen LogP) is 2.59. The lowest BCUT2D eigenvalue weighted by Gasteiger charge is -2.19. The van der Waals surface area contributed by atoms with Crippen LogP contribution >= 0.6 is 0 Å². The van der Waals surface area contributed by atoms with E-state index in [9.17, 15) is 0 Å². The molecule has 0 nitrogen and oxygen atoms in total. The molecular weight excluding hydrogens is 108 g/mol. The first-order valence-corrected chi connectivity index (χ1v) is 4.39. The molecular formula is C9H14. The maximum absolute atomic E-state index is 1.62. The molecule has 1 spiro atoms. The van der Waals surface area contributed by atoms with Crippen molar-refractivity contribution >= 4 is 0 Å². The normalized spacial score (nSPS) is 50.7. The van der Waals surface area contributed by atoms with Crippen molar-refractivity contribution in [3.05, 3.63) is 0 Å². The van der Waals surface area contributed by atoms with E-state index < -0.39 is 0 Å². The molecule has 0 N–H and O–H groups in total. The van der Waals surface area contributed by atoms with Crippen molar-refractivity contribution in [2.24, 2.45) is 17.3 Å². The summed E-state index contributed by atoms with van der Waals surface area (Å²) >= 11 is 0. The quantitative estimate of drug-likeness (QED) is 0.463. The van der Waals surface area contributed by atoms with E-state index in [1.165, 1.54) is 11.8 Å². The van der Waals surface area contributed by atoms with Crippen molar-refractivity contribution in [2.45, 2.75) is 38.5 Å². The second kappa shape index (κ2) is 1.21. The van der Waals surface area contributed by atoms with E-state index in [4.69, 9.17) is 0 Å². The van der Waals surface area contributed by atoms with Crippen LogP contribution < -0.4 is 0 Å². The Morgan fingerprint density at radius 2 is 2.00 bits per heavy atom. The van der Waals surface area contributed by atoms with Crippen LogP contribution in [-0.4, -0.2) is 0 Å². The summed E-state index contributed by atoms with van der Waals surface area (Å²) in [6.07, 6.45) is 9.58. The Morgan fingerprint density at radius 3 is 2.33 bits per heavy atom. The van der Waals surface area contributed by atoms with Crippen molar-refractivity contribution in [1.82, 2.24) is 0 Å². The van der Waals surface area contributed by atoms with Crippen LogP contribution in [0.5, 0.6) is 0 Å². The molecule has 50 valence electrons. The molecule has 0 radical (unpaired) electrons. The number of rotatable bonds is 0. The average Bonchev–Trinajstić information content (AvgIpc) is 2.40. The van der Waals surface area contributed by atoms with E-state index in [0.29, 0.717) is 0 Å². The molecule has 0 amide bonds. The molecule has 0 heterocycles. The topological polar surface area (TPSA) is 0 Å². The SMILES string of the molecule is C1CC2CC1CC21CC1. The van der Waals surface area contributed by atoms with Gasteiger partial charge >= 0.3 is 0 Å². The molecule has 2 bridgehead atoms. The maximum Gasteiger partial charge on any atom is -0.0266 e. The molecule has 9 heavy (non-hydrogen) atoms. The highest BCUT2D eigenvalue weighted by molar-refractivity contribution is 5.07. The van der Waals surface area contributed by atoms with Gasteiger partial charge in [-0.05, 0) is 49.4 Å². The molecule has 3 aliphatic carbocycles. The Balaban J connectivity index is 1.96. The number of fused-ring (bicyclic) bond motifs is 3. The van der Waals surface area contributed by atoms with Gasteiger partial charge in [0.15, 0.2) is 0 Å². The van der Waals surface area contributed by atoms with Gasteiger partial charge in [0, 0.05) is 0 Å². The molecule has 2 unspecified atom stereocenters. The van der Waals surface area contributed by atoms with Crippen molar-refractivity contribution in [3.63, 3.8) is 0 Å². The molecule has 0 aromatic rings. The molecule has 3 aliphatic rings. The third-order valence-electron chi connectivity index (χ3n) is 3.99. The lowest BCUT2D eigenvalue weighted by atomic mass is 9.86. The van der Waals surface area contributed by atoms with Crippen molar-refractivity contribution < 1.29 is 0 Å². The summed E-state index contributed by atoms with van der Waals surface area (Å²) in [6.45, 7) is 0. The van der Waals surface area contributed by atoms with Crippen LogP contribution in [0.4, 0.5) is 0 Å². The molecule has 3 rings (SSSR count). The van der Waals surface area contributed by atoms with Crippen LogP contribution in [0.15, 0.2) is 0 Å². The van der Waals surface area contributed by atoms with Crippen LogP contribution in [0, 0.1) is 17.3 Å². The van der Waals surface area contributed by atoms with Gasteiger partial charge in [0.25, 0.3) is 0 Å². The van der Waals surface area contributed by atoms with Crippen molar-refractivity contribution in [3.8, 4) is 0 Å². The van der Waals surface area contributed by atoms with Gasteiger partial charge in [0.2, 0.25) is 0 Å². The molecule has 0 saturated heterocycles. The molecule has 0 aromatic heterocycles. The third-order valence-corrected chi connectivity index (χ3v) is 3.99. The summed E-state index contributed by atoms with van der Waals surface area (Å²) in [6, 6.07) is 0. The third kappa shape index (κ3) is 0.461. The standard InChI is InChI=1S/C9H14/c1-2-8-5-7(1)6-9(8)3-4-9/h7-8H,1-6H2. The van der Waals surface area contributed by atoms with Gasteiger partial charge in [-0.3, -0.25) is 0 Å². The summed E-state index contributed by atoms with van der Waals surface area (Å²) in [5, 5.41) is 0. The van der Waals surface area contributed by atoms with Gasteiger partial charge in [-0.1, -0.05) is 6.42 Å². The number of hydrogen-bond donors (Lipinski definition) is 0. The highest BCUT2D eigenvalue weighted by Gasteiger charge is 2.57. The minimum absolute atomic E-state index is 0.961. The van der Waals surface area contributed by atoms with Gasteiger partial charge in [-0.25, -0.2) is 0 Å². The van der Waals surface area contributed by atoms with E-state index in [0.717, 1.165) is 5.41 Å². The second-order valence-electron chi connectivity index (χ2n) is 4.44. The lowest BCUT2D eigenvalue weighted by molar-refractivity contribution is 0.310. The van der Waals surface area contributed by atoms with Gasteiger partial charge in [0.05, 0.1) is 0 Å². The highest BCUT2D eigenvalue weighted by Crippen LogP contribution is 2.68. The lowest BCUT2D eigenvalue weighted by Crippen LogP contribution is -2.09. The van der Waals surface area contributed by atoms with Gasteiger partial charge in [-0.2, -0.15) is 0 Å². The van der Waals surface area contributed by atoms with Gasteiger partial charge in [-0.15, -0.1) is 0 Å². The van der Waals surface area contributed by atoms with E-state index in [1.54, 1.807) is 38.5 Å².